The maximum Gasteiger partial charge on any atom is 0.189 e. The van der Waals surface area contributed by atoms with Gasteiger partial charge in [-0.15, -0.1) is 0 Å². The first-order valence-electron chi connectivity index (χ1n) is 4.70. The van der Waals surface area contributed by atoms with Crippen LogP contribution < -0.4 is 11.1 Å². The van der Waals surface area contributed by atoms with Crippen LogP contribution in [0.4, 0.5) is 0 Å². The lowest BCUT2D eigenvalue weighted by Crippen LogP contribution is -2.33. The summed E-state index contributed by atoms with van der Waals surface area (Å²) in [5.41, 5.74) is 6.79. The Balaban J connectivity index is 2.59. The Hall–Kier alpha value is -1.58. The first-order valence-corrected chi connectivity index (χ1v) is 4.70. The molecule has 0 saturated heterocycles. The van der Waals surface area contributed by atoms with Crippen LogP contribution in [0.5, 0.6) is 0 Å². The molecule has 0 amide bonds. The second-order valence-electron chi connectivity index (χ2n) is 3.01. The van der Waals surface area contributed by atoms with Gasteiger partial charge in [0.05, 0.1) is 6.04 Å². The number of nitrogens with two attached hydrogens (primary N) is 1. The van der Waals surface area contributed by atoms with Gasteiger partial charge in [-0.25, -0.2) is 0 Å². The third kappa shape index (κ3) is 3.05. The second-order valence-corrected chi connectivity index (χ2v) is 3.01. The van der Waals surface area contributed by atoms with Crippen LogP contribution in [-0.2, 0) is 0 Å². The topological polar surface area (TPSA) is 63.3 Å². The lowest BCUT2D eigenvalue weighted by atomic mass is 10.1. The first kappa shape index (κ1) is 10.5. The van der Waals surface area contributed by atoms with E-state index in [1.54, 1.807) is 12.4 Å². The summed E-state index contributed by atoms with van der Waals surface area (Å²) < 4.78 is 0. The zero-order valence-corrected chi connectivity index (χ0v) is 8.57. The van der Waals surface area contributed by atoms with E-state index < -0.39 is 0 Å². The van der Waals surface area contributed by atoms with Gasteiger partial charge in [0.25, 0.3) is 0 Å². The molecule has 4 heteroatoms. The maximum atomic E-state index is 5.65. The van der Waals surface area contributed by atoms with Crippen LogP contribution in [0, 0.1) is 0 Å². The van der Waals surface area contributed by atoms with Crippen molar-refractivity contribution in [3.05, 3.63) is 30.1 Å². The standard InChI is InChI=1S/C10H16N4/c1-3-13-10(11)14-8(2)9-4-6-12-7-5-9/h4-8H,3H2,1-2H3,(H3,11,13,14)/t8-/m0/s1. The zero-order chi connectivity index (χ0) is 10.4. The Bertz CT molecular complexity index is 294. The molecule has 1 atom stereocenters. The van der Waals surface area contributed by atoms with Crippen molar-refractivity contribution in [2.45, 2.75) is 19.9 Å². The quantitative estimate of drug-likeness (QED) is 0.556. The largest absolute Gasteiger partial charge is 0.370 e. The van der Waals surface area contributed by atoms with Crippen molar-refractivity contribution >= 4 is 5.96 Å². The Morgan fingerprint density at radius 1 is 1.57 bits per heavy atom. The van der Waals surface area contributed by atoms with Crippen LogP contribution in [0.2, 0.25) is 0 Å². The van der Waals surface area contributed by atoms with Crippen LogP contribution in [0.1, 0.15) is 25.5 Å². The third-order valence-electron chi connectivity index (χ3n) is 1.90. The van der Waals surface area contributed by atoms with Crippen LogP contribution in [0.25, 0.3) is 0 Å². The summed E-state index contributed by atoms with van der Waals surface area (Å²) in [5.74, 6) is 0.483. The van der Waals surface area contributed by atoms with Crippen LogP contribution in [0.3, 0.4) is 0 Å². The summed E-state index contributed by atoms with van der Waals surface area (Å²) in [4.78, 5) is 8.01. The molecule has 1 rings (SSSR count). The molecule has 0 bridgehead atoms. The van der Waals surface area contributed by atoms with E-state index in [0.717, 1.165) is 5.56 Å². The monoisotopic (exact) mass is 192 g/mol. The van der Waals surface area contributed by atoms with E-state index in [9.17, 15) is 0 Å². The van der Waals surface area contributed by atoms with Gasteiger partial charge in [-0.05, 0) is 31.5 Å². The van der Waals surface area contributed by atoms with Crippen molar-refractivity contribution in [3.8, 4) is 0 Å². The summed E-state index contributed by atoms with van der Waals surface area (Å²) >= 11 is 0. The number of aromatic nitrogens is 1. The minimum Gasteiger partial charge on any atom is -0.370 e. The third-order valence-corrected chi connectivity index (χ3v) is 1.90. The van der Waals surface area contributed by atoms with Crippen LogP contribution >= 0.6 is 0 Å². The molecule has 1 aromatic rings. The van der Waals surface area contributed by atoms with Crippen molar-refractivity contribution < 1.29 is 0 Å². The molecule has 0 unspecified atom stereocenters. The normalized spacial score (nSPS) is 13.7. The lowest BCUT2D eigenvalue weighted by molar-refractivity contribution is 0.707. The highest BCUT2D eigenvalue weighted by Gasteiger charge is 2.04. The molecule has 0 aromatic carbocycles. The molecule has 1 heterocycles. The number of pyridine rings is 1. The summed E-state index contributed by atoms with van der Waals surface area (Å²) in [6.07, 6.45) is 3.53. The molecular weight excluding hydrogens is 176 g/mol. The second kappa shape index (κ2) is 5.21. The first-order chi connectivity index (χ1) is 6.74. The van der Waals surface area contributed by atoms with Crippen LogP contribution in [-0.4, -0.2) is 17.5 Å². The molecule has 0 spiro atoms. The van der Waals surface area contributed by atoms with Gasteiger partial charge in [0.1, 0.15) is 0 Å². The van der Waals surface area contributed by atoms with Crippen molar-refractivity contribution in [2.24, 2.45) is 10.7 Å². The van der Waals surface area contributed by atoms with Crippen molar-refractivity contribution in [2.75, 3.05) is 6.54 Å². The summed E-state index contributed by atoms with van der Waals surface area (Å²) in [6.45, 7) is 4.68. The molecule has 14 heavy (non-hydrogen) atoms. The van der Waals surface area contributed by atoms with Gasteiger partial charge in [0.2, 0.25) is 0 Å². The molecule has 3 N–H and O–H groups in total. The SMILES string of the molecule is CCN=C(N)N[C@@H](C)c1ccncc1. The van der Waals surface area contributed by atoms with E-state index in [-0.39, 0.29) is 6.04 Å². The summed E-state index contributed by atoms with van der Waals surface area (Å²) in [6, 6.07) is 4.07. The number of nitrogens with one attached hydrogen (secondary N) is 1. The van der Waals surface area contributed by atoms with Crippen LogP contribution in [0.15, 0.2) is 29.5 Å². The van der Waals surface area contributed by atoms with Crippen molar-refractivity contribution in [3.63, 3.8) is 0 Å². The zero-order valence-electron chi connectivity index (χ0n) is 8.57. The Morgan fingerprint density at radius 3 is 2.79 bits per heavy atom. The molecule has 0 fully saturated rings. The number of rotatable bonds is 3. The summed E-state index contributed by atoms with van der Waals surface area (Å²) in [7, 11) is 0. The van der Waals surface area contributed by atoms with Gasteiger partial charge in [0, 0.05) is 18.9 Å². The fourth-order valence-electron chi connectivity index (χ4n) is 1.17. The molecular formula is C10H16N4. The number of hydrogen-bond acceptors (Lipinski definition) is 2. The highest BCUT2D eigenvalue weighted by atomic mass is 15.1. The van der Waals surface area contributed by atoms with Gasteiger partial charge in [0.15, 0.2) is 5.96 Å². The molecule has 1 aromatic heterocycles. The molecule has 0 aliphatic rings. The predicted molar refractivity (Wildman–Crippen MR) is 58.0 cm³/mol. The van der Waals surface area contributed by atoms with Gasteiger partial charge in [-0.3, -0.25) is 9.98 Å². The lowest BCUT2D eigenvalue weighted by Gasteiger charge is -2.14. The smallest absolute Gasteiger partial charge is 0.189 e. The van der Waals surface area contributed by atoms with Gasteiger partial charge < -0.3 is 11.1 Å². The molecule has 0 saturated carbocycles. The van der Waals surface area contributed by atoms with E-state index in [1.807, 2.05) is 26.0 Å². The molecule has 0 radical (unpaired) electrons. The Morgan fingerprint density at radius 2 is 2.21 bits per heavy atom. The highest BCUT2D eigenvalue weighted by Crippen LogP contribution is 2.09. The predicted octanol–water partition coefficient (Wildman–Crippen LogP) is 1.07. The minimum atomic E-state index is 0.160. The van der Waals surface area contributed by atoms with E-state index in [4.69, 9.17) is 5.73 Å². The van der Waals surface area contributed by atoms with Gasteiger partial charge >= 0.3 is 0 Å². The van der Waals surface area contributed by atoms with Crippen molar-refractivity contribution in [1.29, 1.82) is 0 Å². The average molecular weight is 192 g/mol. The number of guanidine groups is 1. The molecule has 0 aliphatic carbocycles. The van der Waals surface area contributed by atoms with Crippen molar-refractivity contribution in [1.82, 2.24) is 10.3 Å². The van der Waals surface area contributed by atoms with Gasteiger partial charge in [-0.2, -0.15) is 0 Å². The molecule has 76 valence electrons. The number of nitrogens with zero attached hydrogens (tertiary/aromatic N) is 2. The number of hydrogen-bond donors (Lipinski definition) is 2. The molecule has 4 nitrogen and oxygen atoms in total. The minimum absolute atomic E-state index is 0.160. The molecule has 0 aliphatic heterocycles. The van der Waals surface area contributed by atoms with Gasteiger partial charge in [-0.1, -0.05) is 0 Å². The highest BCUT2D eigenvalue weighted by molar-refractivity contribution is 5.78. The average Bonchev–Trinajstić information content (AvgIpc) is 2.19. The Labute approximate surface area is 84.3 Å². The number of aliphatic imine (C=N–C) groups is 1. The van der Waals surface area contributed by atoms with E-state index in [1.165, 1.54) is 0 Å². The maximum absolute atomic E-state index is 5.65. The fourth-order valence-corrected chi connectivity index (χ4v) is 1.17. The Kier molecular flexibility index (Phi) is 3.91. The van der Waals surface area contributed by atoms with E-state index >= 15 is 0 Å². The fraction of sp³-hybridized carbons (Fsp3) is 0.400. The van der Waals surface area contributed by atoms with E-state index in [0.29, 0.717) is 12.5 Å². The summed E-state index contributed by atoms with van der Waals surface area (Å²) in [5, 5.41) is 3.10. The van der Waals surface area contributed by atoms with E-state index in [2.05, 4.69) is 15.3 Å².